The van der Waals surface area contributed by atoms with Crippen LogP contribution in [0.2, 0.25) is 5.02 Å². The van der Waals surface area contributed by atoms with Gasteiger partial charge in [0.1, 0.15) is 17.7 Å². The Labute approximate surface area is 244 Å². The first-order valence-corrected chi connectivity index (χ1v) is 14.1. The summed E-state index contributed by atoms with van der Waals surface area (Å²) in [5.74, 6) is 1.51. The smallest absolute Gasteiger partial charge is 0.150 e. The zero-order chi connectivity index (χ0) is 28.3. The molecule has 1 fully saturated rings. The van der Waals surface area contributed by atoms with Crippen molar-refractivity contribution in [2.24, 2.45) is 0 Å². The second-order valence-electron chi connectivity index (χ2n) is 10.2. The molecule has 0 radical (unpaired) electrons. The van der Waals surface area contributed by atoms with Crippen molar-refractivity contribution in [3.8, 4) is 33.9 Å². The highest BCUT2D eigenvalue weighted by Gasteiger charge is 2.19. The molecule has 210 valence electrons. The zero-order valence-corrected chi connectivity index (χ0v) is 24.1. The number of benzene rings is 3. The minimum Gasteiger partial charge on any atom is -0.497 e. The van der Waals surface area contributed by atoms with E-state index in [1.54, 1.807) is 20.4 Å². The van der Waals surface area contributed by atoms with Crippen molar-refractivity contribution in [2.75, 3.05) is 26.1 Å². The van der Waals surface area contributed by atoms with Crippen molar-refractivity contribution < 1.29 is 14.2 Å². The Morgan fingerprint density at radius 3 is 2.73 bits per heavy atom. The maximum Gasteiger partial charge on any atom is 0.150 e. The minimum absolute atomic E-state index is 0.0194. The molecule has 0 amide bonds. The number of ether oxygens (including phenoxy) is 3. The van der Waals surface area contributed by atoms with E-state index in [1.165, 1.54) is 0 Å². The molecule has 3 aromatic carbocycles. The van der Waals surface area contributed by atoms with Gasteiger partial charge in [-0.15, -0.1) is 0 Å². The molecule has 6 rings (SSSR count). The monoisotopic (exact) mass is 569 g/mol. The molecule has 0 bridgehead atoms. The number of methoxy groups -OCH3 is 2. The highest BCUT2D eigenvalue weighted by molar-refractivity contribution is 6.31. The fourth-order valence-electron chi connectivity index (χ4n) is 5.26. The van der Waals surface area contributed by atoms with E-state index in [9.17, 15) is 0 Å². The number of anilines is 1. The van der Waals surface area contributed by atoms with Crippen molar-refractivity contribution in [3.63, 3.8) is 0 Å². The predicted molar refractivity (Wildman–Crippen MR) is 162 cm³/mol. The van der Waals surface area contributed by atoms with Gasteiger partial charge >= 0.3 is 0 Å². The van der Waals surface area contributed by atoms with E-state index in [0.717, 1.165) is 87.5 Å². The van der Waals surface area contributed by atoms with Gasteiger partial charge in [-0.2, -0.15) is 15.3 Å². The molecule has 1 saturated heterocycles. The van der Waals surface area contributed by atoms with Crippen LogP contribution < -0.4 is 14.8 Å². The molecule has 2 aromatic heterocycles. The van der Waals surface area contributed by atoms with Gasteiger partial charge in [0.15, 0.2) is 0 Å². The molecule has 1 unspecified atom stereocenters. The Morgan fingerprint density at radius 1 is 1.02 bits per heavy atom. The molecule has 41 heavy (non-hydrogen) atoms. The minimum atomic E-state index is -0.0194. The standard InChI is InChI=1S/C32H32ClN5O3/c1-20-14-26(28-11-12-38(37-28)32-6-4-5-13-41-32)25(17-27(20)33)21-8-10-24-29(15-21)36-35-19-30(24)34-18-22-7-9-23(39-2)16-31(22)40-3/h7-12,14-17,19,32H,4-6,13,18H2,1-3H3,(H,34,36). The summed E-state index contributed by atoms with van der Waals surface area (Å²) in [5, 5.41) is 18.8. The summed E-state index contributed by atoms with van der Waals surface area (Å²) in [4.78, 5) is 0. The number of aromatic nitrogens is 4. The van der Waals surface area contributed by atoms with E-state index in [1.807, 2.05) is 54.2 Å². The quantitative estimate of drug-likeness (QED) is 0.208. The van der Waals surface area contributed by atoms with Crippen LogP contribution in [0.15, 0.2) is 67.0 Å². The number of hydrogen-bond donors (Lipinski definition) is 1. The molecule has 0 aliphatic carbocycles. The fraction of sp³-hybridized carbons (Fsp3) is 0.281. The number of rotatable bonds is 8. The lowest BCUT2D eigenvalue weighted by Crippen LogP contribution is -2.18. The van der Waals surface area contributed by atoms with Crippen LogP contribution in [0.25, 0.3) is 33.3 Å². The van der Waals surface area contributed by atoms with Gasteiger partial charge in [-0.1, -0.05) is 17.7 Å². The van der Waals surface area contributed by atoms with Crippen LogP contribution >= 0.6 is 11.6 Å². The van der Waals surface area contributed by atoms with Crippen molar-refractivity contribution in [1.82, 2.24) is 20.0 Å². The maximum absolute atomic E-state index is 6.64. The fourth-order valence-corrected chi connectivity index (χ4v) is 5.43. The molecule has 5 aromatic rings. The van der Waals surface area contributed by atoms with Crippen LogP contribution in [0.5, 0.6) is 11.5 Å². The van der Waals surface area contributed by atoms with Gasteiger partial charge in [-0.25, -0.2) is 4.68 Å². The molecule has 0 saturated carbocycles. The first-order chi connectivity index (χ1) is 20.0. The van der Waals surface area contributed by atoms with Gasteiger partial charge in [-0.05, 0) is 85.3 Å². The van der Waals surface area contributed by atoms with E-state index in [0.29, 0.717) is 11.6 Å². The highest BCUT2D eigenvalue weighted by Crippen LogP contribution is 2.38. The van der Waals surface area contributed by atoms with Gasteiger partial charge in [0, 0.05) is 47.0 Å². The lowest BCUT2D eigenvalue weighted by atomic mass is 9.95. The molecular formula is C32H32ClN5O3. The second-order valence-corrected chi connectivity index (χ2v) is 10.6. The SMILES string of the molecule is COc1ccc(CNc2cnnc3cc(-c4cc(Cl)c(C)cc4-c4ccn(C5CCCCO5)n4)ccc23)c(OC)c1. The first kappa shape index (κ1) is 27.1. The molecule has 9 heteroatoms. The summed E-state index contributed by atoms with van der Waals surface area (Å²) in [6.45, 7) is 3.34. The number of fused-ring (bicyclic) bond motifs is 1. The Kier molecular flexibility index (Phi) is 7.76. The predicted octanol–water partition coefficient (Wildman–Crippen LogP) is 7.45. The Morgan fingerprint density at radius 2 is 1.93 bits per heavy atom. The van der Waals surface area contributed by atoms with Crippen molar-refractivity contribution in [2.45, 2.75) is 39.0 Å². The van der Waals surface area contributed by atoms with Gasteiger partial charge in [0.25, 0.3) is 0 Å². The van der Waals surface area contributed by atoms with Crippen LogP contribution in [0.1, 0.15) is 36.6 Å². The molecule has 1 atom stereocenters. The molecule has 1 N–H and O–H groups in total. The number of halogens is 1. The Bertz CT molecular complexity index is 1700. The van der Waals surface area contributed by atoms with E-state index in [2.05, 4.69) is 33.7 Å². The summed E-state index contributed by atoms with van der Waals surface area (Å²) in [7, 11) is 3.30. The van der Waals surface area contributed by atoms with Crippen molar-refractivity contribution in [3.05, 3.63) is 83.1 Å². The topological polar surface area (TPSA) is 83.3 Å². The van der Waals surface area contributed by atoms with E-state index in [4.69, 9.17) is 30.9 Å². The average molecular weight is 570 g/mol. The van der Waals surface area contributed by atoms with Gasteiger partial charge in [-0.3, -0.25) is 0 Å². The third-order valence-corrected chi connectivity index (χ3v) is 7.96. The number of aryl methyl sites for hydroxylation is 1. The molecule has 3 heterocycles. The van der Waals surface area contributed by atoms with Gasteiger partial charge in [0.2, 0.25) is 0 Å². The van der Waals surface area contributed by atoms with E-state index >= 15 is 0 Å². The Balaban J connectivity index is 1.32. The van der Waals surface area contributed by atoms with Crippen LogP contribution in [0.4, 0.5) is 5.69 Å². The molecular weight excluding hydrogens is 538 g/mol. The van der Waals surface area contributed by atoms with E-state index in [-0.39, 0.29) is 6.23 Å². The van der Waals surface area contributed by atoms with Gasteiger partial charge in [0.05, 0.1) is 37.3 Å². The van der Waals surface area contributed by atoms with Crippen molar-refractivity contribution in [1.29, 1.82) is 0 Å². The number of hydrogen-bond acceptors (Lipinski definition) is 7. The highest BCUT2D eigenvalue weighted by atomic mass is 35.5. The lowest BCUT2D eigenvalue weighted by Gasteiger charge is -2.22. The zero-order valence-electron chi connectivity index (χ0n) is 23.4. The maximum atomic E-state index is 6.64. The largest absolute Gasteiger partial charge is 0.497 e. The summed E-state index contributed by atoms with van der Waals surface area (Å²) < 4.78 is 18.8. The van der Waals surface area contributed by atoms with Crippen LogP contribution in [-0.2, 0) is 11.3 Å². The number of nitrogens with zero attached hydrogens (tertiary/aromatic N) is 4. The molecule has 1 aliphatic heterocycles. The molecule has 0 spiro atoms. The first-order valence-electron chi connectivity index (χ1n) is 13.7. The molecule has 8 nitrogen and oxygen atoms in total. The van der Waals surface area contributed by atoms with Gasteiger partial charge < -0.3 is 19.5 Å². The third kappa shape index (κ3) is 5.58. The lowest BCUT2D eigenvalue weighted by molar-refractivity contribution is -0.0393. The van der Waals surface area contributed by atoms with E-state index < -0.39 is 0 Å². The summed E-state index contributed by atoms with van der Waals surface area (Å²) in [6.07, 6.45) is 6.94. The summed E-state index contributed by atoms with van der Waals surface area (Å²) in [5.41, 5.74) is 7.52. The van der Waals surface area contributed by atoms with Crippen molar-refractivity contribution >= 4 is 28.2 Å². The average Bonchev–Trinajstić information content (AvgIpc) is 3.51. The normalized spacial score (nSPS) is 15.2. The summed E-state index contributed by atoms with van der Waals surface area (Å²) >= 11 is 6.64. The number of nitrogens with one attached hydrogen (secondary N) is 1. The molecule has 1 aliphatic rings. The Hall–Kier alpha value is -4.14. The summed E-state index contributed by atoms with van der Waals surface area (Å²) in [6, 6.07) is 18.1. The second kappa shape index (κ2) is 11.8. The van der Waals surface area contributed by atoms with Crippen LogP contribution in [0, 0.1) is 6.92 Å². The van der Waals surface area contributed by atoms with Crippen LogP contribution in [0.3, 0.4) is 0 Å². The third-order valence-electron chi connectivity index (χ3n) is 7.55. The van der Waals surface area contributed by atoms with Crippen LogP contribution in [-0.4, -0.2) is 40.8 Å².